The molecule has 2 amide bonds. The van der Waals surface area contributed by atoms with Crippen LogP contribution in [0.25, 0.3) is 11.2 Å². The Labute approximate surface area is 144 Å². The van der Waals surface area contributed by atoms with Gasteiger partial charge in [-0.3, -0.25) is 9.59 Å². The second-order valence-corrected chi connectivity index (χ2v) is 6.17. The van der Waals surface area contributed by atoms with E-state index in [-0.39, 0.29) is 11.8 Å². The van der Waals surface area contributed by atoms with Gasteiger partial charge in [0.15, 0.2) is 5.65 Å². The molecule has 4 rings (SSSR count). The fourth-order valence-electron chi connectivity index (χ4n) is 2.74. The van der Waals surface area contributed by atoms with E-state index in [4.69, 9.17) is 0 Å². The third-order valence-corrected chi connectivity index (χ3v) is 4.06. The molecule has 7 nitrogen and oxygen atoms in total. The van der Waals surface area contributed by atoms with Crippen LogP contribution in [-0.2, 0) is 4.79 Å². The van der Waals surface area contributed by atoms with Gasteiger partial charge < -0.3 is 15.2 Å². The minimum atomic E-state index is -0.268. The fraction of sp³-hybridized carbons (Fsp3) is 0.222. The molecule has 1 saturated carbocycles. The third kappa shape index (κ3) is 3.21. The van der Waals surface area contributed by atoms with Crippen molar-refractivity contribution in [2.45, 2.75) is 25.8 Å². The Morgan fingerprint density at radius 1 is 1.12 bits per heavy atom. The molecule has 3 aromatic rings. The number of imidazole rings is 1. The van der Waals surface area contributed by atoms with Crippen LogP contribution in [0.1, 0.15) is 36.2 Å². The molecule has 2 heterocycles. The van der Waals surface area contributed by atoms with Gasteiger partial charge in [0.25, 0.3) is 5.91 Å². The second-order valence-electron chi connectivity index (χ2n) is 6.17. The summed E-state index contributed by atoms with van der Waals surface area (Å²) in [5.74, 6) is -0.431. The second kappa shape index (κ2) is 6.01. The summed E-state index contributed by atoms with van der Waals surface area (Å²) >= 11 is 0. The molecule has 0 radical (unpaired) electrons. The first-order valence-corrected chi connectivity index (χ1v) is 8.12. The molecular weight excluding hydrogens is 318 g/mol. The quantitative estimate of drug-likeness (QED) is 0.767. The van der Waals surface area contributed by atoms with E-state index in [1.165, 1.54) is 6.92 Å². The van der Waals surface area contributed by atoms with E-state index >= 15 is 0 Å². The number of carbonyl (C=O) groups excluding carboxylic acids is 2. The average Bonchev–Trinajstić information content (AvgIpc) is 3.33. The summed E-state index contributed by atoms with van der Waals surface area (Å²) in [6, 6.07) is 9.22. The Bertz CT molecular complexity index is 975. The number of hydrogen-bond acceptors (Lipinski definition) is 4. The van der Waals surface area contributed by atoms with Crippen LogP contribution in [0.3, 0.4) is 0 Å². The van der Waals surface area contributed by atoms with Crippen molar-refractivity contribution in [2.75, 3.05) is 10.6 Å². The SMILES string of the molecule is CC(=O)Nc1cccc(NC(=O)c2cnc3c(c2)ncn3C2CC2)c1. The molecule has 7 heteroatoms. The van der Waals surface area contributed by atoms with Crippen LogP contribution in [0.4, 0.5) is 11.4 Å². The summed E-state index contributed by atoms with van der Waals surface area (Å²) in [7, 11) is 0. The average molecular weight is 335 g/mol. The van der Waals surface area contributed by atoms with Crippen molar-refractivity contribution in [2.24, 2.45) is 0 Å². The maximum atomic E-state index is 12.5. The molecule has 0 bridgehead atoms. The van der Waals surface area contributed by atoms with Gasteiger partial charge in [0.05, 0.1) is 11.9 Å². The zero-order valence-electron chi connectivity index (χ0n) is 13.7. The van der Waals surface area contributed by atoms with E-state index in [1.54, 1.807) is 42.9 Å². The highest BCUT2D eigenvalue weighted by Gasteiger charge is 2.25. The predicted octanol–water partition coefficient (Wildman–Crippen LogP) is 2.98. The van der Waals surface area contributed by atoms with Crippen molar-refractivity contribution in [3.05, 3.63) is 48.4 Å². The monoisotopic (exact) mass is 335 g/mol. The number of carbonyl (C=O) groups is 2. The number of nitrogens with zero attached hydrogens (tertiary/aromatic N) is 3. The van der Waals surface area contributed by atoms with E-state index in [0.29, 0.717) is 28.5 Å². The zero-order valence-corrected chi connectivity index (χ0v) is 13.7. The van der Waals surface area contributed by atoms with Crippen molar-refractivity contribution in [1.82, 2.24) is 14.5 Å². The van der Waals surface area contributed by atoms with Gasteiger partial charge in [-0.25, -0.2) is 9.97 Å². The highest BCUT2D eigenvalue weighted by Crippen LogP contribution is 2.36. The molecule has 1 aliphatic rings. The lowest BCUT2D eigenvalue weighted by Crippen LogP contribution is -2.13. The first-order valence-electron chi connectivity index (χ1n) is 8.12. The van der Waals surface area contributed by atoms with Gasteiger partial charge in [-0.2, -0.15) is 0 Å². The van der Waals surface area contributed by atoms with Crippen LogP contribution >= 0.6 is 0 Å². The van der Waals surface area contributed by atoms with E-state index < -0.39 is 0 Å². The smallest absolute Gasteiger partial charge is 0.257 e. The first kappa shape index (κ1) is 15.3. The number of nitrogens with one attached hydrogen (secondary N) is 2. The van der Waals surface area contributed by atoms with Crippen molar-refractivity contribution >= 4 is 34.4 Å². The summed E-state index contributed by atoms with van der Waals surface area (Å²) in [5, 5.41) is 5.50. The maximum absolute atomic E-state index is 12.5. The topological polar surface area (TPSA) is 88.9 Å². The Morgan fingerprint density at radius 3 is 2.60 bits per heavy atom. The van der Waals surface area contributed by atoms with Crippen molar-refractivity contribution < 1.29 is 9.59 Å². The largest absolute Gasteiger partial charge is 0.326 e. The maximum Gasteiger partial charge on any atom is 0.257 e. The standard InChI is InChI=1S/C18H17N5O2/c1-11(24)21-13-3-2-4-14(8-13)22-18(25)12-7-16-17(19-9-12)23(10-20-16)15-5-6-15/h2-4,7-10,15H,5-6H2,1H3,(H,21,24)(H,22,25). The summed E-state index contributed by atoms with van der Waals surface area (Å²) in [4.78, 5) is 32.4. The molecule has 126 valence electrons. The predicted molar refractivity (Wildman–Crippen MR) is 94.5 cm³/mol. The first-order chi connectivity index (χ1) is 12.1. The normalized spacial score (nSPS) is 13.6. The summed E-state index contributed by atoms with van der Waals surface area (Å²) < 4.78 is 2.06. The minimum absolute atomic E-state index is 0.163. The molecule has 0 saturated heterocycles. The van der Waals surface area contributed by atoms with Gasteiger partial charge in [-0.1, -0.05) is 6.07 Å². The Hall–Kier alpha value is -3.22. The van der Waals surface area contributed by atoms with E-state index in [1.807, 2.05) is 0 Å². The third-order valence-electron chi connectivity index (χ3n) is 4.06. The van der Waals surface area contributed by atoms with Crippen LogP contribution in [0.2, 0.25) is 0 Å². The molecule has 0 unspecified atom stereocenters. The lowest BCUT2D eigenvalue weighted by molar-refractivity contribution is -0.114. The molecule has 1 aromatic carbocycles. The van der Waals surface area contributed by atoms with Crippen LogP contribution in [0.15, 0.2) is 42.9 Å². The van der Waals surface area contributed by atoms with Crippen LogP contribution in [-0.4, -0.2) is 26.3 Å². The van der Waals surface area contributed by atoms with E-state index in [0.717, 1.165) is 18.5 Å². The zero-order chi connectivity index (χ0) is 17.4. The number of fused-ring (bicyclic) bond motifs is 1. The van der Waals surface area contributed by atoms with Crippen molar-refractivity contribution in [3.8, 4) is 0 Å². The molecule has 2 N–H and O–H groups in total. The van der Waals surface area contributed by atoms with Gasteiger partial charge in [0, 0.05) is 30.5 Å². The van der Waals surface area contributed by atoms with E-state index in [2.05, 4.69) is 25.2 Å². The lowest BCUT2D eigenvalue weighted by atomic mass is 10.2. The van der Waals surface area contributed by atoms with Crippen LogP contribution < -0.4 is 10.6 Å². The molecule has 0 spiro atoms. The molecule has 25 heavy (non-hydrogen) atoms. The summed E-state index contributed by atoms with van der Waals surface area (Å²) in [5.41, 5.74) is 3.19. The van der Waals surface area contributed by atoms with Crippen LogP contribution in [0.5, 0.6) is 0 Å². The van der Waals surface area contributed by atoms with Crippen molar-refractivity contribution in [1.29, 1.82) is 0 Å². The molecule has 0 aliphatic heterocycles. The number of pyridine rings is 1. The number of aromatic nitrogens is 3. The highest BCUT2D eigenvalue weighted by atomic mass is 16.2. The lowest BCUT2D eigenvalue weighted by Gasteiger charge is -2.08. The van der Waals surface area contributed by atoms with Crippen molar-refractivity contribution in [3.63, 3.8) is 0 Å². The Kier molecular flexibility index (Phi) is 3.68. The number of hydrogen-bond donors (Lipinski definition) is 2. The minimum Gasteiger partial charge on any atom is -0.326 e. The number of anilines is 2. The molecule has 1 aliphatic carbocycles. The fourth-order valence-corrected chi connectivity index (χ4v) is 2.74. The molecule has 0 atom stereocenters. The van der Waals surface area contributed by atoms with Gasteiger partial charge in [0.2, 0.25) is 5.91 Å². The number of benzene rings is 1. The van der Waals surface area contributed by atoms with Gasteiger partial charge in [-0.05, 0) is 37.1 Å². The summed E-state index contributed by atoms with van der Waals surface area (Å²) in [6.45, 7) is 1.44. The highest BCUT2D eigenvalue weighted by molar-refractivity contribution is 6.05. The van der Waals surface area contributed by atoms with Gasteiger partial charge >= 0.3 is 0 Å². The Morgan fingerprint density at radius 2 is 1.88 bits per heavy atom. The van der Waals surface area contributed by atoms with Gasteiger partial charge in [0.1, 0.15) is 5.52 Å². The van der Waals surface area contributed by atoms with E-state index in [9.17, 15) is 9.59 Å². The van der Waals surface area contributed by atoms with Gasteiger partial charge in [-0.15, -0.1) is 0 Å². The molecular formula is C18H17N5O2. The molecule has 1 fully saturated rings. The van der Waals surface area contributed by atoms with Crippen LogP contribution in [0, 0.1) is 0 Å². The number of amides is 2. The number of rotatable bonds is 4. The summed E-state index contributed by atoms with van der Waals surface area (Å²) in [6.07, 6.45) is 5.66. The Balaban J connectivity index is 1.54. The molecule has 2 aromatic heterocycles.